The zero-order valence-corrected chi connectivity index (χ0v) is 21.3. The van der Waals surface area contributed by atoms with Crippen molar-refractivity contribution in [3.05, 3.63) is 95.0 Å². The summed E-state index contributed by atoms with van der Waals surface area (Å²) in [6.45, 7) is 3.41. The third kappa shape index (κ3) is 5.83. The summed E-state index contributed by atoms with van der Waals surface area (Å²) in [4.78, 5) is 26.3. The Labute approximate surface area is 220 Å². The largest absolute Gasteiger partial charge is 0.348 e. The van der Waals surface area contributed by atoms with Crippen molar-refractivity contribution in [2.24, 2.45) is 5.92 Å². The quantitative estimate of drug-likeness (QED) is 0.198. The van der Waals surface area contributed by atoms with Gasteiger partial charge in [0.2, 0.25) is 0 Å². The molecule has 0 saturated carbocycles. The number of nitrogens with one attached hydrogen (secondary N) is 3. The Hall–Kier alpha value is -3.72. The zero-order valence-electron chi connectivity index (χ0n) is 20.4. The standard InChI is InChI=1S/C29H30N4O3S/c34-28(31-18-20-6-8-22(9-7-20)25-10-11-26(37-25)29(35)32-36)24-14-17-33(19-21-12-15-30-16-13-21)27(24)23-4-2-1-3-5-23/h1-11,14,17,21,30,36H,12-13,15-16,18-19H2,(H,31,34)(H,32,35). The highest BCUT2D eigenvalue weighted by Crippen LogP contribution is 2.29. The van der Waals surface area contributed by atoms with E-state index >= 15 is 0 Å². The molecule has 5 rings (SSSR count). The van der Waals surface area contributed by atoms with Gasteiger partial charge in [0.15, 0.2) is 0 Å². The van der Waals surface area contributed by atoms with E-state index in [2.05, 4.69) is 27.3 Å². The van der Waals surface area contributed by atoms with E-state index in [1.165, 1.54) is 11.3 Å². The zero-order chi connectivity index (χ0) is 25.6. The highest BCUT2D eigenvalue weighted by atomic mass is 32.1. The lowest BCUT2D eigenvalue weighted by atomic mass is 9.97. The summed E-state index contributed by atoms with van der Waals surface area (Å²) in [5.74, 6) is -0.0112. The summed E-state index contributed by atoms with van der Waals surface area (Å²) in [5, 5.41) is 15.3. The van der Waals surface area contributed by atoms with Crippen LogP contribution in [0.3, 0.4) is 0 Å². The fourth-order valence-corrected chi connectivity index (χ4v) is 5.70. The lowest BCUT2D eigenvalue weighted by Crippen LogP contribution is -2.30. The van der Waals surface area contributed by atoms with Crippen molar-refractivity contribution in [3.63, 3.8) is 0 Å². The van der Waals surface area contributed by atoms with E-state index in [1.807, 2.05) is 60.8 Å². The second-order valence-corrected chi connectivity index (χ2v) is 10.4. The molecule has 2 amide bonds. The molecule has 4 N–H and O–H groups in total. The van der Waals surface area contributed by atoms with E-state index < -0.39 is 5.91 Å². The first kappa shape index (κ1) is 25.0. The predicted octanol–water partition coefficient (Wildman–Crippen LogP) is 4.93. The number of hydrogen-bond donors (Lipinski definition) is 4. The maximum Gasteiger partial charge on any atom is 0.284 e. The van der Waals surface area contributed by atoms with Crippen LogP contribution in [0.25, 0.3) is 21.7 Å². The predicted molar refractivity (Wildman–Crippen MR) is 146 cm³/mol. The summed E-state index contributed by atoms with van der Waals surface area (Å²) in [6, 6.07) is 23.5. The van der Waals surface area contributed by atoms with Gasteiger partial charge in [-0.25, -0.2) is 5.48 Å². The average Bonchev–Trinajstić information content (AvgIpc) is 3.61. The van der Waals surface area contributed by atoms with Crippen LogP contribution in [0, 0.1) is 5.92 Å². The molecule has 7 nitrogen and oxygen atoms in total. The first-order valence-electron chi connectivity index (χ1n) is 12.5. The Morgan fingerprint density at radius 3 is 2.41 bits per heavy atom. The van der Waals surface area contributed by atoms with Gasteiger partial charge in [-0.2, -0.15) is 0 Å². The number of thiophene rings is 1. The number of aromatic nitrogens is 1. The van der Waals surface area contributed by atoms with Crippen molar-refractivity contribution in [2.75, 3.05) is 13.1 Å². The third-order valence-electron chi connectivity index (χ3n) is 6.79. The summed E-state index contributed by atoms with van der Waals surface area (Å²) in [5.41, 5.74) is 6.31. The maximum atomic E-state index is 13.3. The van der Waals surface area contributed by atoms with Crippen LogP contribution in [0.1, 0.15) is 38.4 Å². The second-order valence-electron chi connectivity index (χ2n) is 9.27. The highest BCUT2D eigenvalue weighted by molar-refractivity contribution is 7.17. The Kier molecular flexibility index (Phi) is 7.79. The number of carbonyl (C=O) groups excluding carboxylic acids is 2. The van der Waals surface area contributed by atoms with Gasteiger partial charge in [-0.05, 0) is 66.7 Å². The number of benzene rings is 2. The van der Waals surface area contributed by atoms with Crippen molar-refractivity contribution >= 4 is 23.2 Å². The summed E-state index contributed by atoms with van der Waals surface area (Å²) < 4.78 is 2.24. The fraction of sp³-hybridized carbons (Fsp3) is 0.241. The molecule has 1 aliphatic rings. The molecule has 0 radical (unpaired) electrons. The van der Waals surface area contributed by atoms with E-state index in [9.17, 15) is 9.59 Å². The van der Waals surface area contributed by atoms with Crippen molar-refractivity contribution in [2.45, 2.75) is 25.9 Å². The van der Waals surface area contributed by atoms with Crippen LogP contribution in [-0.2, 0) is 13.1 Å². The van der Waals surface area contributed by atoms with E-state index in [1.54, 1.807) is 11.5 Å². The third-order valence-corrected chi connectivity index (χ3v) is 7.92. The number of amides is 2. The topological polar surface area (TPSA) is 95.4 Å². The Bertz CT molecular complexity index is 1360. The molecule has 1 saturated heterocycles. The molecular formula is C29H30N4O3S. The van der Waals surface area contributed by atoms with Crippen LogP contribution < -0.4 is 16.1 Å². The lowest BCUT2D eigenvalue weighted by molar-refractivity contribution is 0.0711. The van der Waals surface area contributed by atoms with Crippen LogP contribution in [0.2, 0.25) is 0 Å². The molecule has 4 aromatic rings. The maximum absolute atomic E-state index is 13.3. The molecule has 8 heteroatoms. The van der Waals surface area contributed by atoms with Crippen LogP contribution >= 0.6 is 11.3 Å². The van der Waals surface area contributed by atoms with Crippen molar-refractivity contribution in [1.29, 1.82) is 0 Å². The molecule has 0 aliphatic carbocycles. The van der Waals surface area contributed by atoms with E-state index in [4.69, 9.17) is 5.21 Å². The number of rotatable bonds is 8. The number of carbonyl (C=O) groups is 2. The summed E-state index contributed by atoms with van der Waals surface area (Å²) >= 11 is 1.31. The second kappa shape index (κ2) is 11.6. The number of hydroxylamine groups is 1. The molecule has 190 valence electrons. The van der Waals surface area contributed by atoms with Crippen molar-refractivity contribution in [1.82, 2.24) is 20.7 Å². The molecule has 2 aromatic carbocycles. The normalized spacial score (nSPS) is 13.9. The summed E-state index contributed by atoms with van der Waals surface area (Å²) in [7, 11) is 0. The molecule has 2 aromatic heterocycles. The molecule has 0 bridgehead atoms. The Balaban J connectivity index is 1.29. The molecule has 37 heavy (non-hydrogen) atoms. The van der Waals surface area contributed by atoms with Crippen molar-refractivity contribution < 1.29 is 14.8 Å². The first-order chi connectivity index (χ1) is 18.1. The summed E-state index contributed by atoms with van der Waals surface area (Å²) in [6.07, 6.45) is 4.33. The highest BCUT2D eigenvalue weighted by Gasteiger charge is 2.21. The van der Waals surface area contributed by atoms with Gasteiger partial charge in [0.25, 0.3) is 11.8 Å². The van der Waals surface area contributed by atoms with Gasteiger partial charge in [-0.15, -0.1) is 11.3 Å². The molecule has 1 aliphatic heterocycles. The van der Waals surface area contributed by atoms with Crippen LogP contribution in [0.5, 0.6) is 0 Å². The molecule has 0 atom stereocenters. The fourth-order valence-electron chi connectivity index (χ4n) is 4.80. The number of piperidine rings is 1. The lowest BCUT2D eigenvalue weighted by Gasteiger charge is -2.24. The molecule has 1 fully saturated rings. The minimum atomic E-state index is -0.518. The Morgan fingerprint density at radius 2 is 1.68 bits per heavy atom. The number of nitrogens with zero attached hydrogens (tertiary/aromatic N) is 1. The van der Waals surface area contributed by atoms with Gasteiger partial charge >= 0.3 is 0 Å². The monoisotopic (exact) mass is 514 g/mol. The number of hydrogen-bond acceptors (Lipinski definition) is 5. The average molecular weight is 515 g/mol. The van der Waals surface area contributed by atoms with E-state index in [0.29, 0.717) is 22.9 Å². The van der Waals surface area contributed by atoms with Gasteiger partial charge in [0, 0.05) is 24.2 Å². The minimum Gasteiger partial charge on any atom is -0.348 e. The Morgan fingerprint density at radius 1 is 0.919 bits per heavy atom. The van der Waals surface area contributed by atoms with Gasteiger partial charge in [0.05, 0.1) is 16.1 Å². The molecule has 0 unspecified atom stereocenters. The van der Waals surface area contributed by atoms with Gasteiger partial charge < -0.3 is 15.2 Å². The molecular weight excluding hydrogens is 484 g/mol. The van der Waals surface area contributed by atoms with Crippen LogP contribution in [-0.4, -0.2) is 34.7 Å². The van der Waals surface area contributed by atoms with E-state index in [0.717, 1.165) is 59.7 Å². The molecule has 3 heterocycles. The molecule has 0 spiro atoms. The first-order valence-corrected chi connectivity index (χ1v) is 13.3. The van der Waals surface area contributed by atoms with Gasteiger partial charge in [0.1, 0.15) is 0 Å². The van der Waals surface area contributed by atoms with Crippen molar-refractivity contribution in [3.8, 4) is 21.7 Å². The van der Waals surface area contributed by atoms with Crippen LogP contribution in [0.15, 0.2) is 79.0 Å². The van der Waals surface area contributed by atoms with Gasteiger partial charge in [-0.1, -0.05) is 54.6 Å². The smallest absolute Gasteiger partial charge is 0.284 e. The van der Waals surface area contributed by atoms with E-state index in [-0.39, 0.29) is 5.91 Å². The SMILES string of the molecule is O=C(NO)c1ccc(-c2ccc(CNC(=O)c3ccn(CC4CCNCC4)c3-c3ccccc3)cc2)s1. The van der Waals surface area contributed by atoms with Gasteiger partial charge in [-0.3, -0.25) is 14.8 Å². The minimum absolute atomic E-state index is 0.0927. The van der Waals surface area contributed by atoms with Crippen LogP contribution in [0.4, 0.5) is 0 Å².